The van der Waals surface area contributed by atoms with Gasteiger partial charge in [0.1, 0.15) is 0 Å². The molecule has 4 heteroatoms. The van der Waals surface area contributed by atoms with Crippen LogP contribution in [0.2, 0.25) is 5.02 Å². The highest BCUT2D eigenvalue weighted by Crippen LogP contribution is 2.31. The molecule has 1 heterocycles. The molecule has 2 aromatic carbocycles. The molecule has 1 amide bonds. The number of rotatable bonds is 1. The second-order valence-corrected chi connectivity index (χ2v) is 6.00. The fourth-order valence-corrected chi connectivity index (χ4v) is 2.99. The highest BCUT2D eigenvalue weighted by Gasteiger charge is 2.27. The zero-order valence-electron chi connectivity index (χ0n) is 11.8. The number of benzene rings is 2. The maximum atomic E-state index is 12.8. The van der Waals surface area contributed by atoms with E-state index < -0.39 is 0 Å². The number of carbonyl (C=O) groups excluding carboxylic acids is 1. The summed E-state index contributed by atoms with van der Waals surface area (Å²) in [5, 5.41) is 0.416. The van der Waals surface area contributed by atoms with Crippen molar-refractivity contribution in [3.05, 3.63) is 58.6 Å². The molecule has 0 bridgehead atoms. The minimum Gasteiger partial charge on any atom is -0.398 e. The van der Waals surface area contributed by atoms with Crippen molar-refractivity contribution in [2.75, 3.05) is 17.2 Å². The number of para-hydroxylation sites is 1. The number of nitrogens with two attached hydrogens (primary N) is 1. The number of amides is 1. The summed E-state index contributed by atoms with van der Waals surface area (Å²) >= 11 is 6.03. The van der Waals surface area contributed by atoms with E-state index in [-0.39, 0.29) is 5.91 Å². The lowest BCUT2D eigenvalue weighted by atomic mass is 9.93. The number of nitrogens with zero attached hydrogens (tertiary/aromatic N) is 1. The Balaban J connectivity index is 1.99. The molecule has 108 valence electrons. The molecule has 0 saturated carbocycles. The van der Waals surface area contributed by atoms with Gasteiger partial charge in [0.25, 0.3) is 5.91 Å². The van der Waals surface area contributed by atoms with Crippen LogP contribution >= 0.6 is 11.6 Å². The van der Waals surface area contributed by atoms with E-state index in [1.54, 1.807) is 18.2 Å². The molecule has 1 aliphatic heterocycles. The normalized spacial score (nSPS) is 17.4. The van der Waals surface area contributed by atoms with Crippen LogP contribution in [0.15, 0.2) is 42.5 Å². The average Bonchev–Trinajstić information content (AvgIpc) is 2.48. The first-order chi connectivity index (χ1) is 10.1. The van der Waals surface area contributed by atoms with Gasteiger partial charge in [-0.05, 0) is 42.2 Å². The highest BCUT2D eigenvalue weighted by atomic mass is 35.5. The molecular weight excluding hydrogens is 284 g/mol. The van der Waals surface area contributed by atoms with Crippen molar-refractivity contribution in [3.8, 4) is 0 Å². The van der Waals surface area contributed by atoms with Crippen LogP contribution in [0.1, 0.15) is 22.8 Å². The molecule has 0 saturated heterocycles. The van der Waals surface area contributed by atoms with Gasteiger partial charge in [-0.25, -0.2) is 0 Å². The summed E-state index contributed by atoms with van der Waals surface area (Å²) in [5.41, 5.74) is 8.97. The molecule has 0 fully saturated rings. The van der Waals surface area contributed by atoms with Gasteiger partial charge in [-0.3, -0.25) is 4.79 Å². The molecule has 2 aromatic rings. The Bertz CT molecular complexity index is 699. The lowest BCUT2D eigenvalue weighted by Crippen LogP contribution is -2.39. The van der Waals surface area contributed by atoms with Crippen molar-refractivity contribution in [1.29, 1.82) is 0 Å². The number of hydrogen-bond donors (Lipinski definition) is 1. The summed E-state index contributed by atoms with van der Waals surface area (Å²) in [6.45, 7) is 2.88. The van der Waals surface area contributed by atoms with Gasteiger partial charge in [0.2, 0.25) is 0 Å². The summed E-state index contributed by atoms with van der Waals surface area (Å²) in [5.74, 6) is 0.406. The lowest BCUT2D eigenvalue weighted by molar-refractivity contribution is 0.0981. The van der Waals surface area contributed by atoms with Crippen molar-refractivity contribution < 1.29 is 4.79 Å². The summed E-state index contributed by atoms with van der Waals surface area (Å²) in [4.78, 5) is 14.6. The number of hydrogen-bond acceptors (Lipinski definition) is 2. The van der Waals surface area contributed by atoms with E-state index in [4.69, 9.17) is 17.3 Å². The van der Waals surface area contributed by atoms with Crippen LogP contribution in [-0.2, 0) is 6.42 Å². The molecule has 0 aromatic heterocycles. The monoisotopic (exact) mass is 300 g/mol. The smallest absolute Gasteiger partial charge is 0.258 e. The van der Waals surface area contributed by atoms with Gasteiger partial charge in [-0.2, -0.15) is 0 Å². The second-order valence-electron chi connectivity index (χ2n) is 5.59. The van der Waals surface area contributed by atoms with E-state index in [1.807, 2.05) is 23.1 Å². The first-order valence-electron chi connectivity index (χ1n) is 7.01. The van der Waals surface area contributed by atoms with Crippen LogP contribution in [0.25, 0.3) is 0 Å². The molecular formula is C17H17ClN2O. The first-order valence-corrected chi connectivity index (χ1v) is 7.39. The van der Waals surface area contributed by atoms with E-state index in [2.05, 4.69) is 13.0 Å². The fraction of sp³-hybridized carbons (Fsp3) is 0.235. The third kappa shape index (κ3) is 2.61. The predicted octanol–water partition coefficient (Wildman–Crippen LogP) is 3.76. The summed E-state index contributed by atoms with van der Waals surface area (Å²) in [6, 6.07) is 13.1. The minimum atomic E-state index is -0.0316. The van der Waals surface area contributed by atoms with Gasteiger partial charge in [0.05, 0.1) is 10.7 Å². The Labute approximate surface area is 129 Å². The predicted molar refractivity (Wildman–Crippen MR) is 86.9 cm³/mol. The van der Waals surface area contributed by atoms with E-state index in [1.165, 1.54) is 5.56 Å². The van der Waals surface area contributed by atoms with Crippen molar-refractivity contribution >= 4 is 28.9 Å². The second kappa shape index (κ2) is 5.41. The highest BCUT2D eigenvalue weighted by molar-refractivity contribution is 6.33. The Morgan fingerprint density at radius 2 is 2.05 bits per heavy atom. The molecule has 2 N–H and O–H groups in total. The lowest BCUT2D eigenvalue weighted by Gasteiger charge is -2.33. The molecule has 3 rings (SSSR count). The van der Waals surface area contributed by atoms with Crippen LogP contribution < -0.4 is 10.6 Å². The summed E-state index contributed by atoms with van der Waals surface area (Å²) < 4.78 is 0. The van der Waals surface area contributed by atoms with Gasteiger partial charge in [-0.1, -0.05) is 36.7 Å². The van der Waals surface area contributed by atoms with E-state index >= 15 is 0 Å². The number of fused-ring (bicyclic) bond motifs is 1. The van der Waals surface area contributed by atoms with Gasteiger partial charge in [0.15, 0.2) is 0 Å². The van der Waals surface area contributed by atoms with Gasteiger partial charge >= 0.3 is 0 Å². The van der Waals surface area contributed by atoms with Crippen molar-refractivity contribution in [3.63, 3.8) is 0 Å². The molecule has 3 nitrogen and oxygen atoms in total. The Morgan fingerprint density at radius 3 is 2.81 bits per heavy atom. The van der Waals surface area contributed by atoms with Crippen LogP contribution in [0.5, 0.6) is 0 Å². The molecule has 1 unspecified atom stereocenters. The van der Waals surface area contributed by atoms with Crippen molar-refractivity contribution in [2.45, 2.75) is 13.3 Å². The Kier molecular flexibility index (Phi) is 3.60. The zero-order valence-corrected chi connectivity index (χ0v) is 12.6. The standard InChI is InChI=1S/C17H17ClN2O/c1-11-8-12-4-2-3-5-16(12)20(10-11)17(21)13-6-7-15(19)14(18)9-13/h2-7,9,11H,8,10,19H2,1H3. The average molecular weight is 301 g/mol. The third-order valence-electron chi connectivity index (χ3n) is 3.84. The third-order valence-corrected chi connectivity index (χ3v) is 4.16. The van der Waals surface area contributed by atoms with Crippen LogP contribution in [0.3, 0.4) is 0 Å². The summed E-state index contributed by atoms with van der Waals surface area (Å²) in [7, 11) is 0. The Hall–Kier alpha value is -2.00. The number of nitrogen functional groups attached to an aromatic ring is 1. The van der Waals surface area contributed by atoms with Crippen LogP contribution in [0.4, 0.5) is 11.4 Å². The van der Waals surface area contributed by atoms with E-state index in [0.29, 0.717) is 22.2 Å². The minimum absolute atomic E-state index is 0.0316. The maximum Gasteiger partial charge on any atom is 0.258 e. The largest absolute Gasteiger partial charge is 0.398 e. The Morgan fingerprint density at radius 1 is 1.29 bits per heavy atom. The molecule has 0 radical (unpaired) electrons. The molecule has 0 spiro atoms. The van der Waals surface area contributed by atoms with E-state index in [0.717, 1.165) is 18.7 Å². The first kappa shape index (κ1) is 14.0. The van der Waals surface area contributed by atoms with E-state index in [9.17, 15) is 4.79 Å². The molecule has 1 atom stereocenters. The van der Waals surface area contributed by atoms with Gasteiger partial charge < -0.3 is 10.6 Å². The van der Waals surface area contributed by atoms with Crippen LogP contribution in [0, 0.1) is 5.92 Å². The number of anilines is 2. The van der Waals surface area contributed by atoms with Crippen LogP contribution in [-0.4, -0.2) is 12.5 Å². The maximum absolute atomic E-state index is 12.8. The summed E-state index contributed by atoms with van der Waals surface area (Å²) in [6.07, 6.45) is 1.00. The fourth-order valence-electron chi connectivity index (χ4n) is 2.81. The zero-order chi connectivity index (χ0) is 15.0. The van der Waals surface area contributed by atoms with Crippen molar-refractivity contribution in [1.82, 2.24) is 0 Å². The van der Waals surface area contributed by atoms with Gasteiger partial charge in [-0.15, -0.1) is 0 Å². The van der Waals surface area contributed by atoms with Crippen molar-refractivity contribution in [2.24, 2.45) is 5.92 Å². The molecule has 0 aliphatic carbocycles. The quantitative estimate of drug-likeness (QED) is 0.815. The molecule has 1 aliphatic rings. The SMILES string of the molecule is CC1Cc2ccccc2N(C(=O)c2ccc(N)c(Cl)c2)C1. The number of carbonyl (C=O) groups is 1. The number of halogens is 1. The molecule has 21 heavy (non-hydrogen) atoms. The topological polar surface area (TPSA) is 46.3 Å². The van der Waals surface area contributed by atoms with Gasteiger partial charge in [0, 0.05) is 17.8 Å².